The Kier molecular flexibility index (Phi) is 4.32. The van der Waals surface area contributed by atoms with Gasteiger partial charge in [-0.15, -0.1) is 0 Å². The van der Waals surface area contributed by atoms with E-state index >= 15 is 0 Å². The average Bonchev–Trinajstić information content (AvgIpc) is 2.88. The van der Waals surface area contributed by atoms with Gasteiger partial charge in [-0.05, 0) is 30.2 Å². The fourth-order valence-electron chi connectivity index (χ4n) is 1.86. The van der Waals surface area contributed by atoms with Crippen molar-refractivity contribution in [2.75, 3.05) is 0 Å². The molecule has 0 saturated heterocycles. The molecule has 4 nitrogen and oxygen atoms in total. The van der Waals surface area contributed by atoms with Crippen LogP contribution in [0.2, 0.25) is 0 Å². The standard InChI is InChI=1S/C15H17N3O/c1-3-14-9-18-15(19-14)10-17-8-13-5-4-12(7-16)6-11(13)2/h4-6,9,17H,3,8,10H2,1-2H3. The topological polar surface area (TPSA) is 61.9 Å². The van der Waals surface area contributed by atoms with E-state index < -0.39 is 0 Å². The Labute approximate surface area is 113 Å². The van der Waals surface area contributed by atoms with Gasteiger partial charge in [0, 0.05) is 13.0 Å². The summed E-state index contributed by atoms with van der Waals surface area (Å²) in [6, 6.07) is 7.86. The molecule has 19 heavy (non-hydrogen) atoms. The Balaban J connectivity index is 1.90. The van der Waals surface area contributed by atoms with Crippen molar-refractivity contribution in [3.63, 3.8) is 0 Å². The predicted octanol–water partition coefficient (Wildman–Crippen LogP) is 2.71. The van der Waals surface area contributed by atoms with Gasteiger partial charge in [-0.1, -0.05) is 13.0 Å². The number of aryl methyl sites for hydroxylation is 2. The number of aromatic nitrogens is 1. The van der Waals surface area contributed by atoms with Crippen LogP contribution in [0.3, 0.4) is 0 Å². The molecule has 98 valence electrons. The minimum Gasteiger partial charge on any atom is -0.444 e. The highest BCUT2D eigenvalue weighted by molar-refractivity contribution is 5.37. The lowest BCUT2D eigenvalue weighted by Gasteiger charge is -2.06. The Hall–Kier alpha value is -2.12. The van der Waals surface area contributed by atoms with Crippen molar-refractivity contribution in [1.29, 1.82) is 5.26 Å². The highest BCUT2D eigenvalue weighted by atomic mass is 16.4. The lowest BCUT2D eigenvalue weighted by Crippen LogP contribution is -2.13. The molecule has 1 heterocycles. The molecule has 1 aromatic carbocycles. The number of hydrogen-bond donors (Lipinski definition) is 1. The van der Waals surface area contributed by atoms with E-state index in [2.05, 4.69) is 16.4 Å². The molecule has 0 aliphatic carbocycles. The fourth-order valence-corrected chi connectivity index (χ4v) is 1.86. The number of oxazole rings is 1. The summed E-state index contributed by atoms with van der Waals surface area (Å²) >= 11 is 0. The maximum Gasteiger partial charge on any atom is 0.208 e. The monoisotopic (exact) mass is 255 g/mol. The van der Waals surface area contributed by atoms with Crippen LogP contribution in [0, 0.1) is 18.3 Å². The molecule has 0 atom stereocenters. The zero-order valence-corrected chi connectivity index (χ0v) is 11.2. The van der Waals surface area contributed by atoms with Crippen molar-refractivity contribution >= 4 is 0 Å². The minimum atomic E-state index is 0.611. The first kappa shape index (κ1) is 13.3. The molecule has 1 N–H and O–H groups in total. The molecular weight excluding hydrogens is 238 g/mol. The van der Waals surface area contributed by atoms with Crippen molar-refractivity contribution in [2.24, 2.45) is 0 Å². The molecule has 4 heteroatoms. The number of nitriles is 1. The summed E-state index contributed by atoms with van der Waals surface area (Å²) in [5.74, 6) is 1.62. The lowest BCUT2D eigenvalue weighted by molar-refractivity contribution is 0.439. The van der Waals surface area contributed by atoms with Crippen LogP contribution in [0.5, 0.6) is 0 Å². The van der Waals surface area contributed by atoms with E-state index in [1.165, 1.54) is 5.56 Å². The Morgan fingerprint density at radius 2 is 2.21 bits per heavy atom. The molecule has 0 radical (unpaired) electrons. The zero-order valence-electron chi connectivity index (χ0n) is 11.2. The zero-order chi connectivity index (χ0) is 13.7. The molecular formula is C15H17N3O. The van der Waals surface area contributed by atoms with Crippen LogP contribution in [-0.4, -0.2) is 4.98 Å². The lowest BCUT2D eigenvalue weighted by atomic mass is 10.1. The predicted molar refractivity (Wildman–Crippen MR) is 72.3 cm³/mol. The summed E-state index contributed by atoms with van der Waals surface area (Å²) in [5.41, 5.74) is 3.00. The third-order valence-electron chi connectivity index (χ3n) is 3.01. The van der Waals surface area contributed by atoms with Crippen molar-refractivity contribution in [3.8, 4) is 6.07 Å². The van der Waals surface area contributed by atoms with E-state index in [1.54, 1.807) is 6.20 Å². The first-order valence-electron chi connectivity index (χ1n) is 6.37. The van der Waals surface area contributed by atoms with Gasteiger partial charge in [-0.25, -0.2) is 4.98 Å². The molecule has 0 fully saturated rings. The number of nitrogens with one attached hydrogen (secondary N) is 1. The summed E-state index contributed by atoms with van der Waals surface area (Å²) in [7, 11) is 0. The van der Waals surface area contributed by atoms with Crippen LogP contribution in [0.4, 0.5) is 0 Å². The smallest absolute Gasteiger partial charge is 0.208 e. The fraction of sp³-hybridized carbons (Fsp3) is 0.333. The minimum absolute atomic E-state index is 0.611. The van der Waals surface area contributed by atoms with Crippen molar-refractivity contribution in [2.45, 2.75) is 33.4 Å². The van der Waals surface area contributed by atoms with Crippen LogP contribution in [0.1, 0.15) is 35.3 Å². The second-order valence-corrected chi connectivity index (χ2v) is 4.43. The third-order valence-corrected chi connectivity index (χ3v) is 3.01. The largest absolute Gasteiger partial charge is 0.444 e. The average molecular weight is 255 g/mol. The van der Waals surface area contributed by atoms with Crippen LogP contribution < -0.4 is 5.32 Å². The Morgan fingerprint density at radius 3 is 2.84 bits per heavy atom. The van der Waals surface area contributed by atoms with Gasteiger partial charge < -0.3 is 9.73 Å². The molecule has 2 rings (SSSR count). The normalized spacial score (nSPS) is 10.4. The van der Waals surface area contributed by atoms with E-state index in [0.717, 1.165) is 24.3 Å². The highest BCUT2D eigenvalue weighted by Gasteiger charge is 2.03. The van der Waals surface area contributed by atoms with Crippen LogP contribution in [-0.2, 0) is 19.5 Å². The maximum atomic E-state index is 8.82. The SMILES string of the molecule is CCc1cnc(CNCc2ccc(C#N)cc2C)o1. The summed E-state index contributed by atoms with van der Waals surface area (Å²) in [6.07, 6.45) is 2.63. The quantitative estimate of drug-likeness (QED) is 0.892. The summed E-state index contributed by atoms with van der Waals surface area (Å²) in [5, 5.41) is 12.1. The number of rotatable bonds is 5. The summed E-state index contributed by atoms with van der Waals surface area (Å²) in [6.45, 7) is 5.40. The molecule has 0 aliphatic heterocycles. The molecule has 2 aromatic rings. The van der Waals surface area contributed by atoms with Crippen LogP contribution in [0.15, 0.2) is 28.8 Å². The van der Waals surface area contributed by atoms with Gasteiger partial charge in [0.1, 0.15) is 5.76 Å². The number of hydrogen-bond acceptors (Lipinski definition) is 4. The van der Waals surface area contributed by atoms with Gasteiger partial charge in [-0.3, -0.25) is 0 Å². The molecule has 0 bridgehead atoms. The summed E-state index contributed by atoms with van der Waals surface area (Å²) < 4.78 is 5.52. The van der Waals surface area contributed by atoms with E-state index in [0.29, 0.717) is 18.0 Å². The van der Waals surface area contributed by atoms with Crippen molar-refractivity contribution < 1.29 is 4.42 Å². The number of benzene rings is 1. The van der Waals surface area contributed by atoms with E-state index in [9.17, 15) is 0 Å². The van der Waals surface area contributed by atoms with E-state index in [1.807, 2.05) is 32.0 Å². The Morgan fingerprint density at radius 1 is 1.37 bits per heavy atom. The molecule has 0 unspecified atom stereocenters. The van der Waals surface area contributed by atoms with Crippen LogP contribution in [0.25, 0.3) is 0 Å². The van der Waals surface area contributed by atoms with Crippen molar-refractivity contribution in [1.82, 2.24) is 10.3 Å². The van der Waals surface area contributed by atoms with Crippen molar-refractivity contribution in [3.05, 3.63) is 52.7 Å². The second-order valence-electron chi connectivity index (χ2n) is 4.43. The molecule has 1 aromatic heterocycles. The van der Waals surface area contributed by atoms with Gasteiger partial charge in [-0.2, -0.15) is 5.26 Å². The van der Waals surface area contributed by atoms with Gasteiger partial charge in [0.15, 0.2) is 0 Å². The summed E-state index contributed by atoms with van der Waals surface area (Å²) in [4.78, 5) is 4.20. The van der Waals surface area contributed by atoms with E-state index in [4.69, 9.17) is 9.68 Å². The molecule has 0 saturated carbocycles. The van der Waals surface area contributed by atoms with Gasteiger partial charge >= 0.3 is 0 Å². The first-order valence-corrected chi connectivity index (χ1v) is 6.37. The Bertz CT molecular complexity index is 596. The maximum absolute atomic E-state index is 8.82. The highest BCUT2D eigenvalue weighted by Crippen LogP contribution is 2.11. The van der Waals surface area contributed by atoms with Gasteiger partial charge in [0.25, 0.3) is 0 Å². The van der Waals surface area contributed by atoms with Crippen LogP contribution >= 0.6 is 0 Å². The number of nitrogens with zero attached hydrogens (tertiary/aromatic N) is 2. The molecule has 0 amide bonds. The first-order chi connectivity index (χ1) is 9.22. The third kappa shape index (κ3) is 3.43. The van der Waals surface area contributed by atoms with E-state index in [-0.39, 0.29) is 0 Å². The second kappa shape index (κ2) is 6.17. The van der Waals surface area contributed by atoms with Gasteiger partial charge in [0.05, 0.1) is 24.4 Å². The van der Waals surface area contributed by atoms with Gasteiger partial charge in [0.2, 0.25) is 5.89 Å². The molecule has 0 aliphatic rings. The molecule has 0 spiro atoms.